The molecule has 1 N–H and O–H groups in total. The number of methoxy groups -OCH3 is 1. The first-order valence-electron chi connectivity index (χ1n) is 8.69. The topological polar surface area (TPSA) is 56.8 Å². The van der Waals surface area contributed by atoms with Crippen LogP contribution in [0.3, 0.4) is 0 Å². The lowest BCUT2D eigenvalue weighted by molar-refractivity contribution is -0.122. The molecule has 0 radical (unpaired) electrons. The van der Waals surface area contributed by atoms with Crippen molar-refractivity contribution in [2.24, 2.45) is 0 Å². The number of rotatable bonds is 7. The first-order valence-corrected chi connectivity index (χ1v) is 8.69. The quantitative estimate of drug-likeness (QED) is 0.623. The molecule has 3 aromatic rings. The zero-order chi connectivity index (χ0) is 19.9. The van der Waals surface area contributed by atoms with Gasteiger partial charge in [-0.05, 0) is 67.6 Å². The van der Waals surface area contributed by atoms with E-state index >= 15 is 0 Å². The van der Waals surface area contributed by atoms with E-state index in [0.717, 1.165) is 0 Å². The molecule has 144 valence electrons. The number of ether oxygens (including phenoxy) is 3. The van der Waals surface area contributed by atoms with Gasteiger partial charge >= 0.3 is 0 Å². The van der Waals surface area contributed by atoms with Gasteiger partial charge < -0.3 is 19.5 Å². The zero-order valence-corrected chi connectivity index (χ0v) is 15.5. The molecular formula is C22H20FNO4. The maximum Gasteiger partial charge on any atom is 0.265 e. The summed E-state index contributed by atoms with van der Waals surface area (Å²) in [6, 6.07) is 19.8. The van der Waals surface area contributed by atoms with E-state index in [4.69, 9.17) is 14.2 Å². The number of hydrogen-bond acceptors (Lipinski definition) is 4. The van der Waals surface area contributed by atoms with Crippen molar-refractivity contribution in [3.8, 4) is 23.0 Å². The van der Waals surface area contributed by atoms with Gasteiger partial charge in [0, 0.05) is 5.69 Å². The lowest BCUT2D eigenvalue weighted by atomic mass is 10.2. The lowest BCUT2D eigenvalue weighted by Crippen LogP contribution is -2.30. The molecule has 0 saturated carbocycles. The number of amides is 1. The van der Waals surface area contributed by atoms with Crippen LogP contribution < -0.4 is 19.5 Å². The Hall–Kier alpha value is -3.54. The maximum atomic E-state index is 12.9. The summed E-state index contributed by atoms with van der Waals surface area (Å²) in [6.45, 7) is 1.62. The van der Waals surface area contributed by atoms with Gasteiger partial charge in [0.25, 0.3) is 5.91 Å². The van der Waals surface area contributed by atoms with E-state index in [0.29, 0.717) is 28.7 Å². The number of anilines is 1. The largest absolute Gasteiger partial charge is 0.493 e. The monoisotopic (exact) mass is 381 g/mol. The Morgan fingerprint density at radius 1 is 0.893 bits per heavy atom. The molecule has 0 bridgehead atoms. The van der Waals surface area contributed by atoms with Gasteiger partial charge in [-0.25, -0.2) is 4.39 Å². The molecule has 0 saturated heterocycles. The third-order valence-electron chi connectivity index (χ3n) is 3.91. The number of carbonyl (C=O) groups is 1. The van der Waals surface area contributed by atoms with Crippen molar-refractivity contribution in [3.05, 3.63) is 78.6 Å². The van der Waals surface area contributed by atoms with Crippen LogP contribution in [0.5, 0.6) is 23.0 Å². The van der Waals surface area contributed by atoms with Crippen molar-refractivity contribution in [2.45, 2.75) is 13.0 Å². The fraction of sp³-hybridized carbons (Fsp3) is 0.136. The Kier molecular flexibility index (Phi) is 6.11. The second-order valence-corrected chi connectivity index (χ2v) is 5.98. The molecule has 3 rings (SSSR count). The smallest absolute Gasteiger partial charge is 0.265 e. The SMILES string of the molecule is COc1ccccc1Oc1ccc(NC(=O)C(C)Oc2ccc(F)cc2)cc1. The van der Waals surface area contributed by atoms with Gasteiger partial charge in [-0.2, -0.15) is 0 Å². The normalized spacial score (nSPS) is 11.4. The van der Waals surface area contributed by atoms with Crippen molar-refractivity contribution in [3.63, 3.8) is 0 Å². The van der Waals surface area contributed by atoms with Gasteiger partial charge in [0.05, 0.1) is 7.11 Å². The molecule has 0 aromatic heterocycles. The van der Waals surface area contributed by atoms with E-state index in [-0.39, 0.29) is 11.7 Å². The van der Waals surface area contributed by atoms with Crippen LogP contribution in [0, 0.1) is 5.82 Å². The van der Waals surface area contributed by atoms with E-state index in [1.54, 1.807) is 38.3 Å². The molecule has 0 aliphatic carbocycles. The molecule has 1 atom stereocenters. The molecule has 0 fully saturated rings. The predicted octanol–water partition coefficient (Wildman–Crippen LogP) is 5.03. The van der Waals surface area contributed by atoms with E-state index in [1.165, 1.54) is 24.3 Å². The molecule has 3 aromatic carbocycles. The van der Waals surface area contributed by atoms with E-state index in [1.807, 2.05) is 24.3 Å². The highest BCUT2D eigenvalue weighted by molar-refractivity contribution is 5.94. The Balaban J connectivity index is 1.58. The fourth-order valence-electron chi connectivity index (χ4n) is 2.45. The van der Waals surface area contributed by atoms with Gasteiger partial charge in [0.1, 0.15) is 17.3 Å². The highest BCUT2D eigenvalue weighted by Crippen LogP contribution is 2.31. The number of nitrogens with one attached hydrogen (secondary N) is 1. The third-order valence-corrected chi connectivity index (χ3v) is 3.91. The van der Waals surface area contributed by atoms with Crippen molar-refractivity contribution in [1.29, 1.82) is 0 Å². The Labute approximate surface area is 162 Å². The number of para-hydroxylation sites is 2. The highest BCUT2D eigenvalue weighted by Gasteiger charge is 2.15. The van der Waals surface area contributed by atoms with Gasteiger partial charge in [-0.15, -0.1) is 0 Å². The third kappa shape index (κ3) is 5.01. The maximum absolute atomic E-state index is 12.9. The van der Waals surface area contributed by atoms with Crippen LogP contribution >= 0.6 is 0 Å². The molecule has 5 nitrogen and oxygen atoms in total. The summed E-state index contributed by atoms with van der Waals surface area (Å²) in [5.41, 5.74) is 0.604. The van der Waals surface area contributed by atoms with Gasteiger partial charge in [0.15, 0.2) is 17.6 Å². The predicted molar refractivity (Wildman–Crippen MR) is 105 cm³/mol. The average Bonchev–Trinajstić information content (AvgIpc) is 2.71. The summed E-state index contributed by atoms with van der Waals surface area (Å²) < 4.78 is 29.5. The van der Waals surface area contributed by atoms with Gasteiger partial charge in [-0.3, -0.25) is 4.79 Å². The summed E-state index contributed by atoms with van der Waals surface area (Å²) in [5, 5.41) is 2.77. The lowest BCUT2D eigenvalue weighted by Gasteiger charge is -2.15. The summed E-state index contributed by atoms with van der Waals surface area (Å²) in [5.74, 6) is 1.58. The summed E-state index contributed by atoms with van der Waals surface area (Å²) >= 11 is 0. The van der Waals surface area contributed by atoms with E-state index < -0.39 is 6.10 Å². The second kappa shape index (κ2) is 8.90. The van der Waals surface area contributed by atoms with Crippen molar-refractivity contribution in [2.75, 3.05) is 12.4 Å². The molecular weight excluding hydrogens is 361 g/mol. The summed E-state index contributed by atoms with van der Waals surface area (Å²) in [4.78, 5) is 12.3. The van der Waals surface area contributed by atoms with Crippen LogP contribution in [0.2, 0.25) is 0 Å². The number of carbonyl (C=O) groups excluding carboxylic acids is 1. The first-order chi connectivity index (χ1) is 13.5. The Bertz CT molecular complexity index is 926. The van der Waals surface area contributed by atoms with Crippen LogP contribution in [0.4, 0.5) is 10.1 Å². The van der Waals surface area contributed by atoms with Gasteiger partial charge in [0.2, 0.25) is 0 Å². The van der Waals surface area contributed by atoms with Crippen molar-refractivity contribution in [1.82, 2.24) is 0 Å². The summed E-state index contributed by atoms with van der Waals surface area (Å²) in [6.07, 6.45) is -0.741. The molecule has 0 aliphatic heterocycles. The van der Waals surface area contributed by atoms with Crippen LogP contribution in [0.15, 0.2) is 72.8 Å². The van der Waals surface area contributed by atoms with E-state index in [9.17, 15) is 9.18 Å². The van der Waals surface area contributed by atoms with Crippen LogP contribution in [0.25, 0.3) is 0 Å². The summed E-state index contributed by atoms with van der Waals surface area (Å²) in [7, 11) is 1.58. The minimum Gasteiger partial charge on any atom is -0.493 e. The van der Waals surface area contributed by atoms with E-state index in [2.05, 4.69) is 5.32 Å². The Morgan fingerprint density at radius 2 is 1.50 bits per heavy atom. The number of benzene rings is 3. The standard InChI is InChI=1S/C22H20FNO4/c1-15(27-18-11-7-16(23)8-12-18)22(25)24-17-9-13-19(14-10-17)28-21-6-4-3-5-20(21)26-2/h3-15H,1-2H3,(H,24,25). The second-order valence-electron chi connectivity index (χ2n) is 5.98. The molecule has 0 heterocycles. The van der Waals surface area contributed by atoms with Crippen molar-refractivity contribution < 1.29 is 23.4 Å². The van der Waals surface area contributed by atoms with Crippen LogP contribution in [-0.2, 0) is 4.79 Å². The number of hydrogen-bond donors (Lipinski definition) is 1. The Morgan fingerprint density at radius 3 is 2.14 bits per heavy atom. The minimum atomic E-state index is -0.741. The number of halogens is 1. The van der Waals surface area contributed by atoms with Gasteiger partial charge in [-0.1, -0.05) is 12.1 Å². The average molecular weight is 381 g/mol. The fourth-order valence-corrected chi connectivity index (χ4v) is 2.45. The zero-order valence-electron chi connectivity index (χ0n) is 15.5. The molecule has 1 amide bonds. The molecule has 6 heteroatoms. The van der Waals surface area contributed by atoms with Crippen molar-refractivity contribution >= 4 is 11.6 Å². The van der Waals surface area contributed by atoms with Crippen LogP contribution in [0.1, 0.15) is 6.92 Å². The highest BCUT2D eigenvalue weighted by atomic mass is 19.1. The van der Waals surface area contributed by atoms with Crippen LogP contribution in [-0.4, -0.2) is 19.1 Å². The first kappa shape index (κ1) is 19.2. The molecule has 28 heavy (non-hydrogen) atoms. The molecule has 0 aliphatic rings. The minimum absolute atomic E-state index is 0.317. The molecule has 1 unspecified atom stereocenters. The molecule has 0 spiro atoms.